The Morgan fingerprint density at radius 2 is 1.96 bits per heavy atom. The predicted octanol–water partition coefficient (Wildman–Crippen LogP) is 2.50. The Morgan fingerprint density at radius 3 is 2.65 bits per heavy atom. The Kier molecular flexibility index (Phi) is 5.10. The quantitative estimate of drug-likeness (QED) is 0.907. The summed E-state index contributed by atoms with van der Waals surface area (Å²) < 4.78 is 0. The van der Waals surface area contributed by atoms with Crippen molar-refractivity contribution in [3.8, 4) is 0 Å². The van der Waals surface area contributed by atoms with Gasteiger partial charge in [0.1, 0.15) is 6.33 Å². The van der Waals surface area contributed by atoms with Gasteiger partial charge in [0.05, 0.1) is 0 Å². The first-order valence-electron chi connectivity index (χ1n) is 8.63. The lowest BCUT2D eigenvalue weighted by Gasteiger charge is -2.37. The van der Waals surface area contributed by atoms with Crippen molar-refractivity contribution in [3.05, 3.63) is 23.8 Å². The van der Waals surface area contributed by atoms with Gasteiger partial charge in [-0.2, -0.15) is 0 Å². The zero-order valence-corrected chi connectivity index (χ0v) is 13.8. The van der Waals surface area contributed by atoms with E-state index in [9.17, 15) is 4.79 Å². The van der Waals surface area contributed by atoms with Crippen LogP contribution in [0.2, 0.25) is 0 Å². The number of hydrogen-bond donors (Lipinski definition) is 1. The molecular formula is C17H26N4O2. The van der Waals surface area contributed by atoms with E-state index in [0.29, 0.717) is 25.0 Å². The molecule has 2 fully saturated rings. The van der Waals surface area contributed by atoms with Crippen molar-refractivity contribution in [2.45, 2.75) is 51.0 Å². The highest BCUT2D eigenvalue weighted by molar-refractivity contribution is 5.64. The molecule has 1 aromatic rings. The highest BCUT2D eigenvalue weighted by Crippen LogP contribution is 2.31. The highest BCUT2D eigenvalue weighted by Gasteiger charge is 2.29. The summed E-state index contributed by atoms with van der Waals surface area (Å²) in [7, 11) is 0. The van der Waals surface area contributed by atoms with Crippen LogP contribution in [0, 0.1) is 6.92 Å². The summed E-state index contributed by atoms with van der Waals surface area (Å²) in [5.41, 5.74) is 2.40. The van der Waals surface area contributed by atoms with Crippen molar-refractivity contribution in [2.24, 2.45) is 0 Å². The Labute approximate surface area is 137 Å². The molecule has 0 radical (unpaired) electrons. The molecule has 0 aliphatic carbocycles. The Morgan fingerprint density at radius 1 is 1.17 bits per heavy atom. The third-order valence-electron chi connectivity index (χ3n) is 5.40. The summed E-state index contributed by atoms with van der Waals surface area (Å²) in [6.07, 6.45) is 8.16. The Bertz CT molecular complexity index is 543. The van der Waals surface area contributed by atoms with Crippen LogP contribution in [0.5, 0.6) is 0 Å². The molecule has 2 saturated heterocycles. The molecule has 1 aromatic heterocycles. The van der Waals surface area contributed by atoms with Crippen LogP contribution in [0.25, 0.3) is 0 Å². The molecule has 1 unspecified atom stereocenters. The number of aromatic nitrogens is 2. The molecule has 3 heterocycles. The van der Waals surface area contributed by atoms with Crippen molar-refractivity contribution >= 4 is 6.09 Å². The molecule has 0 aromatic carbocycles. The van der Waals surface area contributed by atoms with E-state index in [1.165, 1.54) is 5.56 Å². The van der Waals surface area contributed by atoms with Crippen molar-refractivity contribution in [2.75, 3.05) is 26.2 Å². The van der Waals surface area contributed by atoms with Crippen LogP contribution in [-0.2, 0) is 0 Å². The minimum atomic E-state index is -0.774. The smallest absolute Gasteiger partial charge is 0.407 e. The Balaban J connectivity index is 1.55. The van der Waals surface area contributed by atoms with E-state index in [2.05, 4.69) is 21.8 Å². The van der Waals surface area contributed by atoms with Gasteiger partial charge < -0.3 is 14.9 Å². The van der Waals surface area contributed by atoms with Gasteiger partial charge in [-0.15, -0.1) is 0 Å². The molecule has 6 heteroatoms. The second-order valence-electron chi connectivity index (χ2n) is 6.73. The number of rotatable bonds is 2. The maximum absolute atomic E-state index is 11.1. The lowest BCUT2D eigenvalue weighted by molar-refractivity contribution is 0.131. The number of carboxylic acid groups (broad SMARTS) is 1. The Hall–Kier alpha value is -1.69. The molecular weight excluding hydrogens is 292 g/mol. The lowest BCUT2D eigenvalue weighted by Crippen LogP contribution is -2.41. The molecule has 0 saturated carbocycles. The average molecular weight is 318 g/mol. The predicted molar refractivity (Wildman–Crippen MR) is 87.6 cm³/mol. The van der Waals surface area contributed by atoms with Crippen molar-refractivity contribution in [3.63, 3.8) is 0 Å². The molecule has 1 atom stereocenters. The van der Waals surface area contributed by atoms with E-state index in [1.54, 1.807) is 11.2 Å². The lowest BCUT2D eigenvalue weighted by atomic mass is 9.88. The number of nitrogens with zero attached hydrogens (tertiary/aromatic N) is 4. The van der Waals surface area contributed by atoms with E-state index < -0.39 is 6.09 Å². The van der Waals surface area contributed by atoms with Gasteiger partial charge in [0.2, 0.25) is 0 Å². The van der Waals surface area contributed by atoms with Crippen LogP contribution in [0.3, 0.4) is 0 Å². The van der Waals surface area contributed by atoms with Crippen LogP contribution in [0.1, 0.15) is 49.3 Å². The fourth-order valence-electron chi connectivity index (χ4n) is 4.01. The first kappa shape index (κ1) is 16.2. The van der Waals surface area contributed by atoms with Gasteiger partial charge in [-0.05, 0) is 63.6 Å². The standard InChI is InChI=1S/C17H26N4O2/c1-13-16(11-18-12-19-13)14-4-8-20(9-5-14)15-3-2-7-21(10-6-15)17(22)23/h11-12,14-15H,2-10H2,1H3,(H,22,23). The van der Waals surface area contributed by atoms with E-state index in [-0.39, 0.29) is 0 Å². The van der Waals surface area contributed by atoms with Crippen LogP contribution >= 0.6 is 0 Å². The van der Waals surface area contributed by atoms with Crippen LogP contribution in [0.4, 0.5) is 4.79 Å². The van der Waals surface area contributed by atoms with Crippen molar-refractivity contribution in [1.29, 1.82) is 0 Å². The summed E-state index contributed by atoms with van der Waals surface area (Å²) in [4.78, 5) is 23.8. The van der Waals surface area contributed by atoms with Gasteiger partial charge in [0.25, 0.3) is 0 Å². The molecule has 1 N–H and O–H groups in total. The minimum Gasteiger partial charge on any atom is -0.465 e. The van der Waals surface area contributed by atoms with Crippen molar-refractivity contribution < 1.29 is 9.90 Å². The van der Waals surface area contributed by atoms with Crippen molar-refractivity contribution in [1.82, 2.24) is 19.8 Å². The van der Waals surface area contributed by atoms with E-state index >= 15 is 0 Å². The van der Waals surface area contributed by atoms with Gasteiger partial charge in [-0.25, -0.2) is 14.8 Å². The summed E-state index contributed by atoms with van der Waals surface area (Å²) in [5, 5.41) is 9.15. The van der Waals surface area contributed by atoms with Gasteiger partial charge in [0, 0.05) is 31.0 Å². The number of likely N-dealkylation sites (tertiary alicyclic amines) is 2. The molecule has 3 rings (SSSR count). The number of amides is 1. The molecule has 2 aliphatic heterocycles. The number of aryl methyl sites for hydroxylation is 1. The van der Waals surface area contributed by atoms with Gasteiger partial charge in [0.15, 0.2) is 0 Å². The summed E-state index contributed by atoms with van der Waals surface area (Å²) in [5.74, 6) is 0.564. The molecule has 0 bridgehead atoms. The first-order valence-corrected chi connectivity index (χ1v) is 8.63. The zero-order valence-electron chi connectivity index (χ0n) is 13.8. The fourth-order valence-corrected chi connectivity index (χ4v) is 4.01. The number of piperidine rings is 1. The summed E-state index contributed by atoms with van der Waals surface area (Å²) in [6.45, 7) is 5.61. The molecule has 6 nitrogen and oxygen atoms in total. The topological polar surface area (TPSA) is 69.6 Å². The molecule has 1 amide bonds. The van der Waals surface area contributed by atoms with Crippen LogP contribution in [0.15, 0.2) is 12.5 Å². The van der Waals surface area contributed by atoms with E-state index in [4.69, 9.17) is 5.11 Å². The maximum Gasteiger partial charge on any atom is 0.407 e. The minimum absolute atomic E-state index is 0.536. The fraction of sp³-hybridized carbons (Fsp3) is 0.706. The highest BCUT2D eigenvalue weighted by atomic mass is 16.4. The summed E-state index contributed by atoms with van der Waals surface area (Å²) >= 11 is 0. The second-order valence-corrected chi connectivity index (χ2v) is 6.73. The van der Waals surface area contributed by atoms with E-state index in [0.717, 1.165) is 50.9 Å². The largest absolute Gasteiger partial charge is 0.465 e. The van der Waals surface area contributed by atoms with Gasteiger partial charge >= 0.3 is 6.09 Å². The normalized spacial score (nSPS) is 24.4. The second kappa shape index (κ2) is 7.25. The third kappa shape index (κ3) is 3.80. The molecule has 126 valence electrons. The number of hydrogen-bond acceptors (Lipinski definition) is 4. The van der Waals surface area contributed by atoms with Gasteiger partial charge in [-0.3, -0.25) is 0 Å². The zero-order chi connectivity index (χ0) is 16.2. The summed E-state index contributed by atoms with van der Waals surface area (Å²) in [6, 6.07) is 0.536. The van der Waals surface area contributed by atoms with Crippen LogP contribution in [-0.4, -0.2) is 63.2 Å². The first-order chi connectivity index (χ1) is 11.1. The molecule has 0 spiro atoms. The maximum atomic E-state index is 11.1. The van der Waals surface area contributed by atoms with Gasteiger partial charge in [-0.1, -0.05) is 0 Å². The third-order valence-corrected chi connectivity index (χ3v) is 5.40. The molecule has 23 heavy (non-hydrogen) atoms. The monoisotopic (exact) mass is 318 g/mol. The number of carbonyl (C=O) groups is 1. The van der Waals surface area contributed by atoms with Crippen LogP contribution < -0.4 is 0 Å². The van der Waals surface area contributed by atoms with E-state index in [1.807, 2.05) is 6.20 Å². The average Bonchev–Trinajstić information content (AvgIpc) is 2.82. The molecule has 2 aliphatic rings. The SMILES string of the molecule is Cc1ncncc1C1CCN(C2CCCN(C(=O)O)CC2)CC1.